The molecule has 1 saturated heterocycles. The van der Waals surface area contributed by atoms with Crippen LogP contribution >= 0.6 is 58.0 Å². The van der Waals surface area contributed by atoms with Gasteiger partial charge in [-0.25, -0.2) is 4.79 Å². The van der Waals surface area contributed by atoms with Gasteiger partial charge in [0.1, 0.15) is 0 Å². The van der Waals surface area contributed by atoms with Crippen molar-refractivity contribution in [1.82, 2.24) is 5.32 Å². The molecule has 2 amide bonds. The Bertz CT molecular complexity index is 1160. The molecule has 4 rings (SSSR count). The Morgan fingerprint density at radius 2 is 1.55 bits per heavy atom. The fourth-order valence-corrected chi connectivity index (χ4v) is 4.97. The lowest BCUT2D eigenvalue weighted by atomic mass is 9.91. The molecule has 33 heavy (non-hydrogen) atoms. The van der Waals surface area contributed by atoms with Crippen LogP contribution in [0.15, 0.2) is 60.7 Å². The predicted octanol–water partition coefficient (Wildman–Crippen LogP) is 8.49. The fourth-order valence-electron chi connectivity index (χ4n) is 4.03. The van der Waals surface area contributed by atoms with E-state index in [1.807, 2.05) is 36.4 Å². The highest BCUT2D eigenvalue weighted by Crippen LogP contribution is 2.39. The average molecular weight is 544 g/mol. The summed E-state index contributed by atoms with van der Waals surface area (Å²) < 4.78 is 0. The molecule has 3 aromatic rings. The molecule has 0 bridgehead atoms. The maximum atomic E-state index is 12.6. The number of hydrogen-bond donors (Lipinski definition) is 2. The van der Waals surface area contributed by atoms with Crippen LogP contribution in [-0.4, -0.2) is 18.6 Å². The van der Waals surface area contributed by atoms with Gasteiger partial charge in [-0.15, -0.1) is 0 Å². The lowest BCUT2D eigenvalue weighted by molar-refractivity contribution is 0.243. The first-order valence-electron chi connectivity index (χ1n) is 10.3. The molecule has 0 aliphatic carbocycles. The molecule has 0 radical (unpaired) electrons. The Hall–Kier alpha value is -1.82. The number of amides is 2. The summed E-state index contributed by atoms with van der Waals surface area (Å²) in [7, 11) is 0. The van der Waals surface area contributed by atoms with Crippen LogP contribution in [0.1, 0.15) is 24.4 Å². The van der Waals surface area contributed by atoms with E-state index in [1.165, 1.54) is 0 Å². The fraction of sp³-hybridized carbons (Fsp3) is 0.208. The van der Waals surface area contributed by atoms with Crippen molar-refractivity contribution < 1.29 is 4.79 Å². The maximum Gasteiger partial charge on any atom is 0.319 e. The van der Waals surface area contributed by atoms with Gasteiger partial charge < -0.3 is 15.5 Å². The van der Waals surface area contributed by atoms with Crippen LogP contribution in [0.2, 0.25) is 25.1 Å². The third kappa shape index (κ3) is 6.00. The Morgan fingerprint density at radius 1 is 0.818 bits per heavy atom. The number of halogens is 5. The number of urea groups is 1. The second kappa shape index (κ2) is 10.6. The van der Waals surface area contributed by atoms with Crippen molar-refractivity contribution in [2.24, 2.45) is 0 Å². The van der Waals surface area contributed by atoms with Crippen LogP contribution in [0.3, 0.4) is 0 Å². The first kappa shape index (κ1) is 24.3. The summed E-state index contributed by atoms with van der Waals surface area (Å²) in [6.07, 6.45) is 1.44. The monoisotopic (exact) mass is 541 g/mol. The Balaban J connectivity index is 1.52. The number of anilines is 2. The van der Waals surface area contributed by atoms with Crippen molar-refractivity contribution in [2.75, 3.05) is 16.8 Å². The van der Waals surface area contributed by atoms with Crippen LogP contribution in [0.4, 0.5) is 16.2 Å². The van der Waals surface area contributed by atoms with E-state index in [0.717, 1.165) is 17.7 Å². The van der Waals surface area contributed by atoms with Gasteiger partial charge in [-0.3, -0.25) is 0 Å². The van der Waals surface area contributed by atoms with Crippen molar-refractivity contribution in [2.45, 2.75) is 24.9 Å². The van der Waals surface area contributed by atoms with Crippen LogP contribution < -0.4 is 15.5 Å². The second-order valence-electron chi connectivity index (χ2n) is 7.81. The van der Waals surface area contributed by atoms with Crippen molar-refractivity contribution in [1.29, 1.82) is 0 Å². The summed E-state index contributed by atoms with van der Waals surface area (Å²) in [5.41, 5.74) is 2.56. The van der Waals surface area contributed by atoms with E-state index in [1.54, 1.807) is 24.3 Å². The number of benzene rings is 3. The quantitative estimate of drug-likeness (QED) is 0.347. The summed E-state index contributed by atoms with van der Waals surface area (Å²) >= 11 is 30.7. The third-order valence-electron chi connectivity index (χ3n) is 5.59. The van der Waals surface area contributed by atoms with Crippen LogP contribution in [0, 0.1) is 0 Å². The summed E-state index contributed by atoms with van der Waals surface area (Å²) in [6, 6.07) is 17.8. The van der Waals surface area contributed by atoms with Crippen molar-refractivity contribution >= 4 is 75.4 Å². The van der Waals surface area contributed by atoms with Crippen molar-refractivity contribution in [3.05, 3.63) is 91.3 Å². The van der Waals surface area contributed by atoms with Gasteiger partial charge in [-0.2, -0.15) is 0 Å². The van der Waals surface area contributed by atoms with Gasteiger partial charge >= 0.3 is 6.03 Å². The average Bonchev–Trinajstić information content (AvgIpc) is 2.77. The smallest absolute Gasteiger partial charge is 0.319 e. The Morgan fingerprint density at radius 3 is 2.24 bits per heavy atom. The predicted molar refractivity (Wildman–Crippen MR) is 140 cm³/mol. The lowest BCUT2D eigenvalue weighted by Gasteiger charge is -2.42. The third-order valence-corrected chi connectivity index (χ3v) is 7.12. The normalized spacial score (nSPS) is 18.2. The van der Waals surface area contributed by atoms with E-state index in [0.29, 0.717) is 43.8 Å². The zero-order valence-electron chi connectivity index (χ0n) is 17.3. The van der Waals surface area contributed by atoms with Gasteiger partial charge in [0.2, 0.25) is 0 Å². The zero-order valence-corrected chi connectivity index (χ0v) is 21.1. The van der Waals surface area contributed by atoms with Crippen LogP contribution in [0.25, 0.3) is 0 Å². The molecular weight excluding hydrogens is 524 g/mol. The highest BCUT2D eigenvalue weighted by Gasteiger charge is 2.31. The molecule has 1 aliphatic rings. The SMILES string of the molecule is O=C(Nc1ccc(Cl)c(Cl)c1)NC1CCN(c2ccc(Cl)cc2Cl)C(c2ccc(Cl)cc2)C1. The molecule has 3 aromatic carbocycles. The molecule has 9 heteroatoms. The molecule has 1 fully saturated rings. The molecule has 0 saturated carbocycles. The largest absolute Gasteiger partial charge is 0.363 e. The highest BCUT2D eigenvalue weighted by molar-refractivity contribution is 6.42. The van der Waals surface area contributed by atoms with Gasteiger partial charge in [0.05, 0.1) is 26.8 Å². The Labute approximate surface area is 217 Å². The molecule has 4 nitrogen and oxygen atoms in total. The van der Waals surface area contributed by atoms with Gasteiger partial charge in [0.25, 0.3) is 0 Å². The van der Waals surface area contributed by atoms with Gasteiger partial charge in [-0.05, 0) is 66.9 Å². The topological polar surface area (TPSA) is 44.4 Å². The first-order valence-corrected chi connectivity index (χ1v) is 12.2. The second-order valence-corrected chi connectivity index (χ2v) is 9.90. The standard InChI is InChI=1S/C24H20Cl5N3O/c25-15-3-1-14(2-4-15)23-13-18(9-10-32(23)22-8-5-16(26)11-21(22)29)31-24(33)30-17-6-7-19(27)20(28)12-17/h1-8,11-12,18,23H,9-10,13H2,(H2,30,31,33). The number of hydrogen-bond acceptors (Lipinski definition) is 2. The molecule has 1 aliphatic heterocycles. The van der Waals surface area contributed by atoms with E-state index in [9.17, 15) is 4.79 Å². The number of rotatable bonds is 4. The summed E-state index contributed by atoms with van der Waals surface area (Å²) in [5, 5.41) is 8.55. The van der Waals surface area contributed by atoms with Crippen LogP contribution in [0.5, 0.6) is 0 Å². The number of carbonyl (C=O) groups is 1. The molecular formula is C24H20Cl5N3O. The zero-order chi connectivity index (χ0) is 23.5. The van der Waals surface area contributed by atoms with E-state index in [2.05, 4.69) is 15.5 Å². The van der Waals surface area contributed by atoms with Crippen molar-refractivity contribution in [3.8, 4) is 0 Å². The van der Waals surface area contributed by atoms with E-state index >= 15 is 0 Å². The van der Waals surface area contributed by atoms with E-state index < -0.39 is 0 Å². The van der Waals surface area contributed by atoms with E-state index in [4.69, 9.17) is 58.0 Å². The van der Waals surface area contributed by atoms with E-state index in [-0.39, 0.29) is 18.1 Å². The molecule has 2 atom stereocenters. The summed E-state index contributed by atoms with van der Waals surface area (Å²) in [6.45, 7) is 0.701. The van der Waals surface area contributed by atoms with Gasteiger partial charge in [0.15, 0.2) is 0 Å². The number of nitrogens with one attached hydrogen (secondary N) is 2. The lowest BCUT2D eigenvalue weighted by Crippen LogP contribution is -2.47. The Kier molecular flexibility index (Phi) is 7.83. The molecule has 0 aromatic heterocycles. The minimum absolute atomic E-state index is 0.00929. The highest BCUT2D eigenvalue weighted by atomic mass is 35.5. The van der Waals surface area contributed by atoms with Crippen LogP contribution in [-0.2, 0) is 0 Å². The molecule has 2 N–H and O–H groups in total. The summed E-state index contributed by atoms with van der Waals surface area (Å²) in [5.74, 6) is 0. The minimum atomic E-state index is -0.300. The number of nitrogens with zero attached hydrogens (tertiary/aromatic N) is 1. The van der Waals surface area contributed by atoms with Gasteiger partial charge in [-0.1, -0.05) is 70.1 Å². The number of piperidine rings is 1. The number of carbonyl (C=O) groups excluding carboxylic acids is 1. The maximum absolute atomic E-state index is 12.6. The minimum Gasteiger partial charge on any atom is -0.363 e. The van der Waals surface area contributed by atoms with Crippen molar-refractivity contribution in [3.63, 3.8) is 0 Å². The molecule has 1 heterocycles. The molecule has 0 spiro atoms. The molecule has 172 valence electrons. The first-order chi connectivity index (χ1) is 15.8. The summed E-state index contributed by atoms with van der Waals surface area (Å²) in [4.78, 5) is 14.9. The molecule has 2 unspecified atom stereocenters. The van der Waals surface area contributed by atoms with Gasteiger partial charge in [0, 0.05) is 28.3 Å².